The Morgan fingerprint density at radius 2 is 1.95 bits per heavy atom. The van der Waals surface area contributed by atoms with Gasteiger partial charge in [0.05, 0.1) is 18.1 Å². The van der Waals surface area contributed by atoms with E-state index in [4.69, 9.17) is 4.74 Å². The average molecular weight is 275 g/mol. The zero-order valence-corrected chi connectivity index (χ0v) is 12.7. The van der Waals surface area contributed by atoms with Crippen LogP contribution in [-0.4, -0.2) is 24.2 Å². The summed E-state index contributed by atoms with van der Waals surface area (Å²) in [6.45, 7) is 6.95. The van der Waals surface area contributed by atoms with E-state index in [9.17, 15) is 4.79 Å². The maximum Gasteiger partial charge on any atom is 0.224 e. The highest BCUT2D eigenvalue weighted by Crippen LogP contribution is 2.28. The van der Waals surface area contributed by atoms with Crippen molar-refractivity contribution in [2.45, 2.75) is 58.2 Å². The van der Waals surface area contributed by atoms with Crippen LogP contribution < -0.4 is 5.32 Å². The van der Waals surface area contributed by atoms with E-state index < -0.39 is 0 Å². The van der Waals surface area contributed by atoms with Crippen molar-refractivity contribution in [3.63, 3.8) is 0 Å². The molecule has 110 valence electrons. The molecule has 3 heteroatoms. The van der Waals surface area contributed by atoms with Crippen LogP contribution in [0.15, 0.2) is 24.3 Å². The first-order valence-corrected chi connectivity index (χ1v) is 7.51. The first-order chi connectivity index (χ1) is 9.48. The quantitative estimate of drug-likeness (QED) is 0.897. The van der Waals surface area contributed by atoms with Crippen LogP contribution in [0.3, 0.4) is 0 Å². The standard InChI is InChI=1S/C17H25NO2/c1-4-13-5-7-14(8-6-13)11-16(19)18-12-15-9-10-17(2,3)20-15/h5-8,15H,4,9-12H2,1-3H3,(H,18,19). The fraction of sp³-hybridized carbons (Fsp3) is 0.588. The van der Waals surface area contributed by atoms with Gasteiger partial charge in [-0.3, -0.25) is 4.79 Å². The molecular weight excluding hydrogens is 250 g/mol. The normalized spacial score (nSPS) is 20.9. The van der Waals surface area contributed by atoms with Crippen LogP contribution in [0.4, 0.5) is 0 Å². The van der Waals surface area contributed by atoms with E-state index in [1.807, 2.05) is 12.1 Å². The summed E-state index contributed by atoms with van der Waals surface area (Å²) in [5.41, 5.74) is 2.33. The third-order valence-corrected chi connectivity index (χ3v) is 3.88. The van der Waals surface area contributed by atoms with Crippen LogP contribution in [0.25, 0.3) is 0 Å². The molecule has 2 rings (SSSR count). The third-order valence-electron chi connectivity index (χ3n) is 3.88. The van der Waals surface area contributed by atoms with Crippen molar-refractivity contribution in [2.75, 3.05) is 6.54 Å². The van der Waals surface area contributed by atoms with Gasteiger partial charge in [0.15, 0.2) is 0 Å². The van der Waals surface area contributed by atoms with Gasteiger partial charge in [-0.15, -0.1) is 0 Å². The van der Waals surface area contributed by atoms with Gasteiger partial charge < -0.3 is 10.1 Å². The molecule has 0 radical (unpaired) electrons. The lowest BCUT2D eigenvalue weighted by Crippen LogP contribution is -2.34. The minimum absolute atomic E-state index is 0.0363. The van der Waals surface area contributed by atoms with Crippen LogP contribution in [0.5, 0.6) is 0 Å². The first-order valence-electron chi connectivity index (χ1n) is 7.51. The Labute approximate surface area is 121 Å². The molecule has 20 heavy (non-hydrogen) atoms. The van der Waals surface area contributed by atoms with Gasteiger partial charge in [0, 0.05) is 6.54 Å². The van der Waals surface area contributed by atoms with Gasteiger partial charge in [0.1, 0.15) is 0 Å². The summed E-state index contributed by atoms with van der Waals surface area (Å²) < 4.78 is 5.86. The predicted octanol–water partition coefficient (Wildman–Crippen LogP) is 2.87. The average Bonchev–Trinajstić information content (AvgIpc) is 2.77. The number of carbonyl (C=O) groups excluding carboxylic acids is 1. The van der Waals surface area contributed by atoms with Crippen molar-refractivity contribution in [3.05, 3.63) is 35.4 Å². The Balaban J connectivity index is 1.75. The molecule has 0 saturated carbocycles. The Hall–Kier alpha value is -1.35. The number of benzene rings is 1. The molecule has 0 bridgehead atoms. The van der Waals surface area contributed by atoms with Gasteiger partial charge in [-0.25, -0.2) is 0 Å². The van der Waals surface area contributed by atoms with Gasteiger partial charge in [-0.05, 0) is 44.2 Å². The third kappa shape index (κ3) is 4.34. The van der Waals surface area contributed by atoms with Gasteiger partial charge in [-0.1, -0.05) is 31.2 Å². The number of carbonyl (C=O) groups is 1. The number of ether oxygens (including phenoxy) is 1. The van der Waals surface area contributed by atoms with Crippen molar-refractivity contribution in [1.29, 1.82) is 0 Å². The van der Waals surface area contributed by atoms with E-state index >= 15 is 0 Å². The lowest BCUT2D eigenvalue weighted by Gasteiger charge is -2.19. The fourth-order valence-corrected chi connectivity index (χ4v) is 2.59. The monoisotopic (exact) mass is 275 g/mol. The number of rotatable bonds is 5. The molecule has 1 N–H and O–H groups in total. The van der Waals surface area contributed by atoms with Crippen LogP contribution in [0.1, 0.15) is 44.7 Å². The van der Waals surface area contributed by atoms with Crippen molar-refractivity contribution >= 4 is 5.91 Å². The fourth-order valence-electron chi connectivity index (χ4n) is 2.59. The van der Waals surface area contributed by atoms with E-state index in [1.54, 1.807) is 0 Å². The van der Waals surface area contributed by atoms with Crippen molar-refractivity contribution < 1.29 is 9.53 Å². The second-order valence-corrected chi connectivity index (χ2v) is 6.19. The molecule has 1 saturated heterocycles. The van der Waals surface area contributed by atoms with E-state index in [0.717, 1.165) is 24.8 Å². The lowest BCUT2D eigenvalue weighted by molar-refractivity contribution is -0.121. The molecule has 0 spiro atoms. The summed E-state index contributed by atoms with van der Waals surface area (Å²) in [5, 5.41) is 2.98. The topological polar surface area (TPSA) is 38.3 Å². The number of nitrogens with one attached hydrogen (secondary N) is 1. The highest BCUT2D eigenvalue weighted by atomic mass is 16.5. The maximum atomic E-state index is 11.9. The molecule has 1 aliphatic rings. The molecule has 1 atom stereocenters. The van der Waals surface area contributed by atoms with Gasteiger partial charge in [0.25, 0.3) is 0 Å². The van der Waals surface area contributed by atoms with Crippen molar-refractivity contribution in [1.82, 2.24) is 5.32 Å². The summed E-state index contributed by atoms with van der Waals surface area (Å²) in [6, 6.07) is 8.25. The van der Waals surface area contributed by atoms with Crippen molar-refractivity contribution in [3.8, 4) is 0 Å². The Bertz CT molecular complexity index is 451. The molecule has 1 aromatic rings. The van der Waals surface area contributed by atoms with Crippen molar-refractivity contribution in [2.24, 2.45) is 0 Å². The van der Waals surface area contributed by atoms with E-state index in [1.165, 1.54) is 5.56 Å². The second-order valence-electron chi connectivity index (χ2n) is 6.19. The largest absolute Gasteiger partial charge is 0.371 e. The molecule has 0 aromatic heterocycles. The van der Waals surface area contributed by atoms with E-state index in [-0.39, 0.29) is 17.6 Å². The number of aryl methyl sites for hydroxylation is 1. The molecule has 1 unspecified atom stereocenters. The Morgan fingerprint density at radius 3 is 2.50 bits per heavy atom. The molecule has 1 fully saturated rings. The SMILES string of the molecule is CCc1ccc(CC(=O)NCC2CCC(C)(C)O2)cc1. The smallest absolute Gasteiger partial charge is 0.224 e. The summed E-state index contributed by atoms with van der Waals surface area (Å²) in [6.07, 6.45) is 3.72. The van der Waals surface area contributed by atoms with Gasteiger partial charge in [0.2, 0.25) is 5.91 Å². The molecular formula is C17H25NO2. The van der Waals surface area contributed by atoms with Gasteiger partial charge in [-0.2, -0.15) is 0 Å². The van der Waals surface area contributed by atoms with Crippen LogP contribution >= 0.6 is 0 Å². The summed E-state index contributed by atoms with van der Waals surface area (Å²) in [7, 11) is 0. The van der Waals surface area contributed by atoms with Crippen LogP contribution in [0.2, 0.25) is 0 Å². The molecule has 1 aliphatic heterocycles. The molecule has 3 nitrogen and oxygen atoms in total. The minimum atomic E-state index is -0.0363. The molecule has 0 aliphatic carbocycles. The zero-order chi connectivity index (χ0) is 14.6. The zero-order valence-electron chi connectivity index (χ0n) is 12.7. The maximum absolute atomic E-state index is 11.9. The molecule has 1 aromatic carbocycles. The van der Waals surface area contributed by atoms with Crippen LogP contribution in [-0.2, 0) is 22.4 Å². The Morgan fingerprint density at radius 1 is 1.30 bits per heavy atom. The van der Waals surface area contributed by atoms with E-state index in [0.29, 0.717) is 13.0 Å². The highest BCUT2D eigenvalue weighted by molar-refractivity contribution is 5.78. The molecule has 1 amide bonds. The summed E-state index contributed by atoms with van der Waals surface area (Å²) in [5.74, 6) is 0.0718. The number of hydrogen-bond acceptors (Lipinski definition) is 2. The number of hydrogen-bond donors (Lipinski definition) is 1. The predicted molar refractivity (Wildman–Crippen MR) is 80.7 cm³/mol. The summed E-state index contributed by atoms with van der Waals surface area (Å²) >= 11 is 0. The lowest BCUT2D eigenvalue weighted by atomic mass is 10.1. The van der Waals surface area contributed by atoms with Gasteiger partial charge >= 0.3 is 0 Å². The highest BCUT2D eigenvalue weighted by Gasteiger charge is 2.31. The van der Waals surface area contributed by atoms with Crippen LogP contribution in [0, 0.1) is 0 Å². The first kappa shape index (κ1) is 15.0. The minimum Gasteiger partial charge on any atom is -0.371 e. The summed E-state index contributed by atoms with van der Waals surface area (Å²) in [4.78, 5) is 11.9. The Kier molecular flexibility index (Phi) is 4.81. The molecule has 1 heterocycles. The number of amides is 1. The second kappa shape index (κ2) is 6.40. The van der Waals surface area contributed by atoms with E-state index in [2.05, 4.69) is 38.2 Å².